The van der Waals surface area contributed by atoms with E-state index in [9.17, 15) is 0 Å². The Balaban J connectivity index is 0.00000392. The van der Waals surface area contributed by atoms with E-state index in [1.165, 1.54) is 0 Å². The van der Waals surface area contributed by atoms with Gasteiger partial charge in [0.05, 0.1) is 12.7 Å². The molecule has 0 amide bonds. The first-order valence-electron chi connectivity index (χ1n) is 9.51. The van der Waals surface area contributed by atoms with Crippen molar-refractivity contribution in [3.63, 3.8) is 0 Å². The number of nitrogens with zero attached hydrogens (tertiary/aromatic N) is 2. The fourth-order valence-electron chi connectivity index (χ4n) is 2.53. The third-order valence-electron chi connectivity index (χ3n) is 4.34. The summed E-state index contributed by atoms with van der Waals surface area (Å²) in [6, 6.07) is 10.5. The highest BCUT2D eigenvalue weighted by Crippen LogP contribution is 2.22. The van der Waals surface area contributed by atoms with Gasteiger partial charge < -0.3 is 20.4 Å². The van der Waals surface area contributed by atoms with Crippen LogP contribution in [0.3, 0.4) is 0 Å². The number of aromatic nitrogens is 1. The molecule has 0 fully saturated rings. The van der Waals surface area contributed by atoms with Gasteiger partial charge in [0.2, 0.25) is 5.89 Å². The number of hydrogen-bond donors (Lipinski definition) is 3. The Morgan fingerprint density at radius 3 is 2.36 bits per heavy atom. The smallest absolute Gasteiger partial charge is 0.213 e. The van der Waals surface area contributed by atoms with Gasteiger partial charge >= 0.3 is 0 Å². The van der Waals surface area contributed by atoms with Crippen LogP contribution in [0.1, 0.15) is 46.3 Å². The molecule has 1 aromatic heterocycles. The maximum atomic E-state index is 5.82. The molecule has 0 saturated carbocycles. The highest BCUT2D eigenvalue weighted by atomic mass is 127. The number of guanidine groups is 1. The third-order valence-corrected chi connectivity index (χ3v) is 4.34. The average molecular weight is 499 g/mol. The molecule has 2 aromatic rings. The molecule has 1 atom stereocenters. The fraction of sp³-hybridized carbons (Fsp3) is 0.524. The van der Waals surface area contributed by atoms with E-state index in [2.05, 4.69) is 72.7 Å². The molecule has 0 aliphatic rings. The van der Waals surface area contributed by atoms with Gasteiger partial charge in [-0.3, -0.25) is 4.99 Å². The zero-order chi connectivity index (χ0) is 19.9. The minimum Gasteiger partial charge on any atom is -0.443 e. The lowest BCUT2D eigenvalue weighted by atomic mass is 9.94. The van der Waals surface area contributed by atoms with Crippen molar-refractivity contribution < 1.29 is 4.42 Å². The van der Waals surface area contributed by atoms with Crippen molar-refractivity contribution in [2.75, 3.05) is 18.9 Å². The first-order chi connectivity index (χ1) is 12.8. The van der Waals surface area contributed by atoms with Gasteiger partial charge in [-0.25, -0.2) is 4.98 Å². The van der Waals surface area contributed by atoms with Gasteiger partial charge in [0, 0.05) is 30.7 Å². The van der Waals surface area contributed by atoms with Crippen LogP contribution in [0, 0.1) is 5.92 Å². The molecule has 0 aliphatic heterocycles. The van der Waals surface area contributed by atoms with Crippen LogP contribution in [0.25, 0.3) is 0 Å². The van der Waals surface area contributed by atoms with Gasteiger partial charge in [0.25, 0.3) is 0 Å². The molecule has 28 heavy (non-hydrogen) atoms. The molecule has 3 N–H and O–H groups in total. The molecule has 2 rings (SSSR count). The standard InChI is InChI=1S/C21H33N5O.HI/c1-15(2)17(26-16-10-8-7-9-11-16)12-24-20(22-6)25-14-19-23-13-18(27-19)21(3,4)5;/h7-11,13,15,17,26H,12,14H2,1-6H3,(H2,22,24,25);1H. The molecule has 156 valence electrons. The van der Waals surface area contributed by atoms with Crippen LogP contribution in [-0.2, 0) is 12.0 Å². The summed E-state index contributed by atoms with van der Waals surface area (Å²) in [6.45, 7) is 12.0. The number of benzene rings is 1. The maximum absolute atomic E-state index is 5.82. The van der Waals surface area contributed by atoms with Crippen molar-refractivity contribution in [3.8, 4) is 0 Å². The third kappa shape index (κ3) is 7.69. The Bertz CT molecular complexity index is 722. The minimum atomic E-state index is -0.0429. The molecule has 7 heteroatoms. The van der Waals surface area contributed by atoms with Gasteiger partial charge in [0.1, 0.15) is 5.76 Å². The predicted molar refractivity (Wildman–Crippen MR) is 128 cm³/mol. The quantitative estimate of drug-likeness (QED) is 0.299. The first-order valence-corrected chi connectivity index (χ1v) is 9.51. The average Bonchev–Trinajstić information content (AvgIpc) is 3.11. The summed E-state index contributed by atoms with van der Waals surface area (Å²) in [6.07, 6.45) is 1.80. The Labute approximate surface area is 186 Å². The van der Waals surface area contributed by atoms with Crippen LogP contribution in [0.4, 0.5) is 5.69 Å². The number of rotatable bonds is 7. The van der Waals surface area contributed by atoms with Gasteiger partial charge in [-0.05, 0) is 18.1 Å². The Morgan fingerprint density at radius 2 is 1.82 bits per heavy atom. The molecule has 0 aliphatic carbocycles. The molecule has 6 nitrogen and oxygen atoms in total. The van der Waals surface area contributed by atoms with Crippen molar-refractivity contribution >= 4 is 35.6 Å². The molecule has 0 spiro atoms. The normalized spacial score (nSPS) is 13.0. The van der Waals surface area contributed by atoms with E-state index < -0.39 is 0 Å². The summed E-state index contributed by atoms with van der Waals surface area (Å²) in [4.78, 5) is 8.64. The first kappa shape index (κ1) is 24.3. The summed E-state index contributed by atoms with van der Waals surface area (Å²) in [5, 5.41) is 10.2. The second-order valence-corrected chi connectivity index (χ2v) is 8.04. The van der Waals surface area contributed by atoms with E-state index in [1.54, 1.807) is 13.2 Å². The van der Waals surface area contributed by atoms with Gasteiger partial charge in [0.15, 0.2) is 5.96 Å². The van der Waals surface area contributed by atoms with Crippen molar-refractivity contribution in [2.45, 2.75) is 52.6 Å². The van der Waals surface area contributed by atoms with Crippen LogP contribution < -0.4 is 16.0 Å². The van der Waals surface area contributed by atoms with E-state index in [0.717, 1.165) is 24.0 Å². The summed E-state index contributed by atoms with van der Waals surface area (Å²) >= 11 is 0. The molecule has 0 bridgehead atoms. The lowest BCUT2D eigenvalue weighted by molar-refractivity contribution is 0.379. The number of aliphatic imine (C=N–C) groups is 1. The Hall–Kier alpha value is -1.77. The number of nitrogens with one attached hydrogen (secondary N) is 3. The lowest BCUT2D eigenvalue weighted by Gasteiger charge is -2.25. The number of para-hydroxylation sites is 1. The monoisotopic (exact) mass is 499 g/mol. The minimum absolute atomic E-state index is 0. The summed E-state index contributed by atoms with van der Waals surface area (Å²) in [7, 11) is 1.76. The van der Waals surface area contributed by atoms with Gasteiger partial charge in [-0.15, -0.1) is 24.0 Å². The second kappa shape index (κ2) is 11.3. The van der Waals surface area contributed by atoms with Gasteiger partial charge in [-0.2, -0.15) is 0 Å². The van der Waals surface area contributed by atoms with E-state index in [0.29, 0.717) is 18.4 Å². The Kier molecular flexibility index (Phi) is 9.78. The topological polar surface area (TPSA) is 74.5 Å². The second-order valence-electron chi connectivity index (χ2n) is 8.04. The van der Waals surface area contributed by atoms with Crippen molar-refractivity contribution in [3.05, 3.63) is 48.2 Å². The largest absolute Gasteiger partial charge is 0.443 e. The van der Waals surface area contributed by atoms with Crippen LogP contribution in [0.5, 0.6) is 0 Å². The molecule has 0 saturated heterocycles. The van der Waals surface area contributed by atoms with Crippen LogP contribution in [0.15, 0.2) is 45.9 Å². The highest BCUT2D eigenvalue weighted by Gasteiger charge is 2.19. The van der Waals surface area contributed by atoms with Crippen LogP contribution in [0.2, 0.25) is 0 Å². The number of anilines is 1. The predicted octanol–water partition coefficient (Wildman–Crippen LogP) is 4.39. The van der Waals surface area contributed by atoms with E-state index >= 15 is 0 Å². The summed E-state index contributed by atoms with van der Waals surface area (Å²) in [5.74, 6) is 2.74. The Morgan fingerprint density at radius 1 is 1.14 bits per heavy atom. The van der Waals surface area contributed by atoms with Crippen molar-refractivity contribution in [1.29, 1.82) is 0 Å². The SMILES string of the molecule is CN=C(NCc1ncc(C(C)(C)C)o1)NCC(Nc1ccccc1)C(C)C.I. The van der Waals surface area contributed by atoms with Crippen molar-refractivity contribution in [2.24, 2.45) is 10.9 Å². The molecule has 1 aromatic carbocycles. The zero-order valence-electron chi connectivity index (χ0n) is 17.7. The molecule has 1 unspecified atom stereocenters. The maximum Gasteiger partial charge on any atom is 0.213 e. The van der Waals surface area contributed by atoms with Crippen molar-refractivity contribution in [1.82, 2.24) is 15.6 Å². The molecular formula is C21H34IN5O. The van der Waals surface area contributed by atoms with Crippen LogP contribution in [-0.4, -0.2) is 30.6 Å². The van der Waals surface area contributed by atoms with Gasteiger partial charge in [-0.1, -0.05) is 52.8 Å². The zero-order valence-corrected chi connectivity index (χ0v) is 20.1. The molecule has 1 heterocycles. The van der Waals surface area contributed by atoms with Crippen LogP contribution >= 0.6 is 24.0 Å². The lowest BCUT2D eigenvalue weighted by Crippen LogP contribution is -2.44. The highest BCUT2D eigenvalue weighted by molar-refractivity contribution is 14.0. The van der Waals surface area contributed by atoms with E-state index in [-0.39, 0.29) is 35.4 Å². The summed E-state index contributed by atoms with van der Waals surface area (Å²) in [5.41, 5.74) is 1.08. The molecular weight excluding hydrogens is 465 g/mol. The number of hydrogen-bond acceptors (Lipinski definition) is 4. The fourth-order valence-corrected chi connectivity index (χ4v) is 2.53. The van der Waals surface area contributed by atoms with E-state index in [1.807, 2.05) is 18.2 Å². The number of halogens is 1. The van der Waals surface area contributed by atoms with E-state index in [4.69, 9.17) is 4.42 Å². The summed E-state index contributed by atoms with van der Waals surface area (Å²) < 4.78 is 5.82. The number of oxazole rings is 1. The molecule has 0 radical (unpaired) electrons.